The molecule has 1 aromatic carbocycles. The molecule has 1 unspecified atom stereocenters. The SMILES string of the molecule is CCOc1cccc2c1ccn2CC(C)CO. The van der Waals surface area contributed by atoms with Gasteiger partial charge in [-0.25, -0.2) is 0 Å². The maximum Gasteiger partial charge on any atom is 0.128 e. The quantitative estimate of drug-likeness (QED) is 0.861. The van der Waals surface area contributed by atoms with E-state index < -0.39 is 0 Å². The molecule has 2 rings (SSSR count). The summed E-state index contributed by atoms with van der Waals surface area (Å²) in [7, 11) is 0. The van der Waals surface area contributed by atoms with E-state index in [1.54, 1.807) is 0 Å². The van der Waals surface area contributed by atoms with Crippen molar-refractivity contribution in [2.45, 2.75) is 20.4 Å². The van der Waals surface area contributed by atoms with Crippen LogP contribution in [0.1, 0.15) is 13.8 Å². The average Bonchev–Trinajstić information content (AvgIpc) is 2.74. The molecule has 3 nitrogen and oxygen atoms in total. The van der Waals surface area contributed by atoms with Crippen molar-refractivity contribution in [2.75, 3.05) is 13.2 Å². The summed E-state index contributed by atoms with van der Waals surface area (Å²) < 4.78 is 7.77. The monoisotopic (exact) mass is 233 g/mol. The molecular weight excluding hydrogens is 214 g/mol. The summed E-state index contributed by atoms with van der Waals surface area (Å²) in [5.41, 5.74) is 1.16. The second-order valence-corrected chi connectivity index (χ2v) is 4.38. The van der Waals surface area contributed by atoms with Gasteiger partial charge in [0.15, 0.2) is 0 Å². The third-order valence-corrected chi connectivity index (χ3v) is 2.89. The minimum atomic E-state index is 0.213. The fourth-order valence-electron chi connectivity index (χ4n) is 2.03. The molecule has 0 saturated carbocycles. The minimum absolute atomic E-state index is 0.213. The second-order valence-electron chi connectivity index (χ2n) is 4.38. The zero-order valence-electron chi connectivity index (χ0n) is 10.4. The first kappa shape index (κ1) is 12.0. The van der Waals surface area contributed by atoms with Crippen molar-refractivity contribution >= 4 is 10.9 Å². The lowest BCUT2D eigenvalue weighted by molar-refractivity contribution is 0.224. The third-order valence-electron chi connectivity index (χ3n) is 2.89. The smallest absolute Gasteiger partial charge is 0.128 e. The van der Waals surface area contributed by atoms with E-state index >= 15 is 0 Å². The Morgan fingerprint density at radius 2 is 2.18 bits per heavy atom. The molecule has 2 aromatic rings. The highest BCUT2D eigenvalue weighted by molar-refractivity contribution is 5.86. The largest absolute Gasteiger partial charge is 0.493 e. The molecule has 1 aromatic heterocycles. The molecule has 0 aliphatic carbocycles. The second kappa shape index (κ2) is 5.23. The Balaban J connectivity index is 2.36. The third kappa shape index (κ3) is 2.44. The van der Waals surface area contributed by atoms with Crippen molar-refractivity contribution in [3.8, 4) is 5.75 Å². The summed E-state index contributed by atoms with van der Waals surface area (Å²) in [5.74, 6) is 1.20. The average molecular weight is 233 g/mol. The molecule has 0 saturated heterocycles. The number of fused-ring (bicyclic) bond motifs is 1. The van der Waals surface area contributed by atoms with E-state index in [9.17, 15) is 0 Å². The van der Waals surface area contributed by atoms with Gasteiger partial charge in [-0.3, -0.25) is 0 Å². The van der Waals surface area contributed by atoms with E-state index in [0.29, 0.717) is 6.61 Å². The maximum absolute atomic E-state index is 9.11. The molecule has 0 fully saturated rings. The lowest BCUT2D eigenvalue weighted by Gasteiger charge is -2.11. The van der Waals surface area contributed by atoms with Gasteiger partial charge in [-0.1, -0.05) is 13.0 Å². The predicted molar refractivity (Wildman–Crippen MR) is 69.4 cm³/mol. The molecule has 3 heteroatoms. The first-order valence-electron chi connectivity index (χ1n) is 6.07. The molecule has 1 N–H and O–H groups in total. The molecular formula is C14H19NO2. The van der Waals surface area contributed by atoms with Crippen LogP contribution >= 0.6 is 0 Å². The van der Waals surface area contributed by atoms with Crippen LogP contribution in [0.25, 0.3) is 10.9 Å². The van der Waals surface area contributed by atoms with E-state index in [2.05, 4.69) is 22.9 Å². The lowest BCUT2D eigenvalue weighted by Crippen LogP contribution is -2.10. The van der Waals surface area contributed by atoms with Crippen LogP contribution in [0.3, 0.4) is 0 Å². The van der Waals surface area contributed by atoms with Crippen LogP contribution in [0.2, 0.25) is 0 Å². The highest BCUT2D eigenvalue weighted by Crippen LogP contribution is 2.27. The number of aromatic nitrogens is 1. The Kier molecular flexibility index (Phi) is 3.69. The summed E-state index contributed by atoms with van der Waals surface area (Å²) in [6.45, 7) is 5.75. The van der Waals surface area contributed by atoms with Crippen LogP contribution in [0, 0.1) is 5.92 Å². The van der Waals surface area contributed by atoms with Crippen molar-refractivity contribution in [3.63, 3.8) is 0 Å². The van der Waals surface area contributed by atoms with Gasteiger partial charge < -0.3 is 14.4 Å². The molecule has 0 spiro atoms. The van der Waals surface area contributed by atoms with Crippen LogP contribution in [-0.2, 0) is 6.54 Å². The number of nitrogens with zero attached hydrogens (tertiary/aromatic N) is 1. The normalized spacial score (nSPS) is 12.9. The topological polar surface area (TPSA) is 34.4 Å². The van der Waals surface area contributed by atoms with E-state index in [-0.39, 0.29) is 12.5 Å². The van der Waals surface area contributed by atoms with Crippen molar-refractivity contribution in [2.24, 2.45) is 5.92 Å². The fourth-order valence-corrected chi connectivity index (χ4v) is 2.03. The van der Waals surface area contributed by atoms with Crippen molar-refractivity contribution in [3.05, 3.63) is 30.5 Å². The van der Waals surface area contributed by atoms with Crippen LogP contribution in [0.15, 0.2) is 30.5 Å². The molecule has 17 heavy (non-hydrogen) atoms. The van der Waals surface area contributed by atoms with Gasteiger partial charge in [0.25, 0.3) is 0 Å². The Hall–Kier alpha value is -1.48. The predicted octanol–water partition coefficient (Wildman–Crippen LogP) is 2.67. The van der Waals surface area contributed by atoms with Gasteiger partial charge in [-0.2, -0.15) is 0 Å². The number of hydrogen-bond donors (Lipinski definition) is 1. The number of aliphatic hydroxyl groups is 1. The molecule has 1 heterocycles. The molecule has 0 aliphatic rings. The van der Waals surface area contributed by atoms with Crippen molar-refractivity contribution in [1.82, 2.24) is 4.57 Å². The van der Waals surface area contributed by atoms with Gasteiger partial charge in [0.2, 0.25) is 0 Å². The molecule has 0 aliphatic heterocycles. The van der Waals surface area contributed by atoms with E-state index in [0.717, 1.165) is 23.2 Å². The van der Waals surface area contributed by atoms with E-state index in [4.69, 9.17) is 9.84 Å². The Morgan fingerprint density at radius 1 is 1.35 bits per heavy atom. The van der Waals surface area contributed by atoms with Gasteiger partial charge >= 0.3 is 0 Å². The molecule has 1 atom stereocenters. The number of hydrogen-bond acceptors (Lipinski definition) is 2. The van der Waals surface area contributed by atoms with Crippen LogP contribution in [0.4, 0.5) is 0 Å². The van der Waals surface area contributed by atoms with E-state index in [1.165, 1.54) is 0 Å². The Bertz CT molecular complexity index is 490. The van der Waals surface area contributed by atoms with Crippen molar-refractivity contribution < 1.29 is 9.84 Å². The zero-order chi connectivity index (χ0) is 12.3. The van der Waals surface area contributed by atoms with Crippen molar-refractivity contribution in [1.29, 1.82) is 0 Å². The highest BCUT2D eigenvalue weighted by Gasteiger charge is 2.08. The molecule has 0 amide bonds. The Morgan fingerprint density at radius 3 is 2.88 bits per heavy atom. The molecule has 0 radical (unpaired) electrons. The van der Waals surface area contributed by atoms with Gasteiger partial charge in [-0.05, 0) is 31.0 Å². The van der Waals surface area contributed by atoms with Gasteiger partial charge in [0, 0.05) is 24.7 Å². The van der Waals surface area contributed by atoms with Gasteiger partial charge in [-0.15, -0.1) is 0 Å². The van der Waals surface area contributed by atoms with Gasteiger partial charge in [0.05, 0.1) is 12.1 Å². The van der Waals surface area contributed by atoms with Crippen LogP contribution in [0.5, 0.6) is 5.75 Å². The molecule has 0 bridgehead atoms. The number of ether oxygens (including phenoxy) is 1. The standard InChI is InChI=1S/C14H19NO2/c1-3-17-14-6-4-5-13-12(14)7-8-15(13)9-11(2)10-16/h4-8,11,16H,3,9-10H2,1-2H3. The maximum atomic E-state index is 9.11. The number of benzene rings is 1. The highest BCUT2D eigenvalue weighted by atomic mass is 16.5. The summed E-state index contributed by atoms with van der Waals surface area (Å²) in [4.78, 5) is 0. The first-order chi connectivity index (χ1) is 8.26. The number of aliphatic hydroxyl groups excluding tert-OH is 1. The Labute approximate surface area is 102 Å². The van der Waals surface area contributed by atoms with Gasteiger partial charge in [0.1, 0.15) is 5.75 Å². The van der Waals surface area contributed by atoms with Crippen LogP contribution < -0.4 is 4.74 Å². The summed E-state index contributed by atoms with van der Waals surface area (Å²) in [6.07, 6.45) is 2.05. The summed E-state index contributed by atoms with van der Waals surface area (Å²) in [6, 6.07) is 8.16. The first-order valence-corrected chi connectivity index (χ1v) is 6.07. The fraction of sp³-hybridized carbons (Fsp3) is 0.429. The van der Waals surface area contributed by atoms with Crippen LogP contribution in [-0.4, -0.2) is 22.9 Å². The summed E-state index contributed by atoms with van der Waals surface area (Å²) >= 11 is 0. The molecule has 92 valence electrons. The minimum Gasteiger partial charge on any atom is -0.493 e. The lowest BCUT2D eigenvalue weighted by atomic mass is 10.2. The number of rotatable bonds is 5. The zero-order valence-corrected chi connectivity index (χ0v) is 10.4. The summed E-state index contributed by atoms with van der Waals surface area (Å²) in [5, 5.41) is 10.2. The van der Waals surface area contributed by atoms with E-state index in [1.807, 2.05) is 26.0 Å².